The number of hydrogen-bond donors (Lipinski definition) is 0. The lowest BCUT2D eigenvalue weighted by atomic mass is 10.3. The number of nitrogens with zero attached hydrogens (tertiary/aromatic N) is 3. The first kappa shape index (κ1) is 13.4. The van der Waals surface area contributed by atoms with E-state index < -0.39 is 0 Å². The molecule has 0 saturated heterocycles. The van der Waals surface area contributed by atoms with Crippen molar-refractivity contribution in [2.75, 3.05) is 18.0 Å². The third-order valence-electron chi connectivity index (χ3n) is 2.53. The lowest BCUT2D eigenvalue weighted by Crippen LogP contribution is -2.25. The van der Waals surface area contributed by atoms with Crippen LogP contribution in [0.25, 0.3) is 0 Å². The quantitative estimate of drug-likeness (QED) is 0.750. The molecule has 1 aromatic heterocycles. The molecule has 0 unspecified atom stereocenters. The molecule has 0 radical (unpaired) electrons. The Morgan fingerprint density at radius 2 is 2.00 bits per heavy atom. The number of aromatic nitrogens is 2. The summed E-state index contributed by atoms with van der Waals surface area (Å²) in [5.41, 5.74) is 0. The molecule has 0 atom stereocenters. The van der Waals surface area contributed by atoms with Gasteiger partial charge in [0.1, 0.15) is 16.2 Å². The van der Waals surface area contributed by atoms with Crippen molar-refractivity contribution in [2.45, 2.75) is 40.0 Å². The summed E-state index contributed by atoms with van der Waals surface area (Å²) in [6.45, 7) is 8.51. The van der Waals surface area contributed by atoms with Gasteiger partial charge in [-0.05, 0) is 29.3 Å². The molecule has 4 heteroatoms. The maximum absolute atomic E-state index is 4.56. The summed E-state index contributed by atoms with van der Waals surface area (Å²) in [6.07, 6.45) is 3.29. The first-order chi connectivity index (χ1) is 7.71. The average molecular weight is 286 g/mol. The van der Waals surface area contributed by atoms with E-state index in [2.05, 4.69) is 51.6 Å². The van der Waals surface area contributed by atoms with Crippen LogP contribution >= 0.6 is 15.9 Å². The van der Waals surface area contributed by atoms with Crippen molar-refractivity contribution in [3.8, 4) is 0 Å². The molecule has 3 nitrogen and oxygen atoms in total. The highest BCUT2D eigenvalue weighted by atomic mass is 79.9. The molecule has 0 aliphatic rings. The Morgan fingerprint density at radius 3 is 2.56 bits per heavy atom. The molecule has 16 heavy (non-hydrogen) atoms. The lowest BCUT2D eigenvalue weighted by molar-refractivity contribution is 0.718. The van der Waals surface area contributed by atoms with Crippen molar-refractivity contribution in [3.63, 3.8) is 0 Å². The van der Waals surface area contributed by atoms with Crippen LogP contribution in [-0.4, -0.2) is 23.1 Å². The molecule has 0 bridgehead atoms. The van der Waals surface area contributed by atoms with Gasteiger partial charge in [-0.1, -0.05) is 20.3 Å². The van der Waals surface area contributed by atoms with Crippen LogP contribution < -0.4 is 4.90 Å². The van der Waals surface area contributed by atoms with Gasteiger partial charge in [-0.2, -0.15) is 0 Å². The van der Waals surface area contributed by atoms with Crippen molar-refractivity contribution < 1.29 is 0 Å². The van der Waals surface area contributed by atoms with Crippen LogP contribution in [0.2, 0.25) is 0 Å². The Morgan fingerprint density at radius 1 is 1.25 bits per heavy atom. The second-order valence-electron chi connectivity index (χ2n) is 3.75. The molecule has 0 aromatic carbocycles. The van der Waals surface area contributed by atoms with E-state index in [1.807, 2.05) is 6.07 Å². The van der Waals surface area contributed by atoms with E-state index >= 15 is 0 Å². The second-order valence-corrected chi connectivity index (χ2v) is 4.56. The van der Waals surface area contributed by atoms with E-state index in [1.54, 1.807) is 0 Å². The number of halogens is 1. The summed E-state index contributed by atoms with van der Waals surface area (Å²) in [5.74, 6) is 1.94. The van der Waals surface area contributed by atoms with E-state index in [-0.39, 0.29) is 0 Å². The van der Waals surface area contributed by atoms with Gasteiger partial charge in [0, 0.05) is 25.6 Å². The minimum absolute atomic E-state index is 0.873. The highest BCUT2D eigenvalue weighted by Crippen LogP contribution is 2.17. The maximum atomic E-state index is 4.56. The van der Waals surface area contributed by atoms with E-state index in [1.165, 1.54) is 12.8 Å². The monoisotopic (exact) mass is 285 g/mol. The van der Waals surface area contributed by atoms with Crippen LogP contribution in [0.5, 0.6) is 0 Å². The highest BCUT2D eigenvalue weighted by Gasteiger charge is 2.08. The summed E-state index contributed by atoms with van der Waals surface area (Å²) in [6, 6.07) is 2.00. The summed E-state index contributed by atoms with van der Waals surface area (Å²) in [4.78, 5) is 11.2. The van der Waals surface area contributed by atoms with Crippen LogP contribution in [0.3, 0.4) is 0 Å². The molecule has 0 N–H and O–H groups in total. The first-order valence-electron chi connectivity index (χ1n) is 5.99. The van der Waals surface area contributed by atoms with Gasteiger partial charge in [0.15, 0.2) is 0 Å². The van der Waals surface area contributed by atoms with Gasteiger partial charge in [-0.15, -0.1) is 0 Å². The van der Waals surface area contributed by atoms with Crippen LogP contribution in [-0.2, 0) is 6.42 Å². The fourth-order valence-corrected chi connectivity index (χ4v) is 1.96. The standard InChI is InChI=1S/C12H20BrN3/c1-4-7-8-16(6-3)12-9-10(13)14-11(5-2)15-12/h9H,4-8H2,1-3H3. The molecule has 0 fully saturated rings. The fraction of sp³-hybridized carbons (Fsp3) is 0.667. The largest absolute Gasteiger partial charge is 0.357 e. The molecule has 0 aliphatic heterocycles. The van der Waals surface area contributed by atoms with Gasteiger partial charge in [0.05, 0.1) is 0 Å². The zero-order chi connectivity index (χ0) is 12.0. The van der Waals surface area contributed by atoms with Gasteiger partial charge < -0.3 is 4.90 Å². The molecule has 0 aliphatic carbocycles. The second kappa shape index (κ2) is 6.84. The number of unbranched alkanes of at least 4 members (excludes halogenated alkanes) is 1. The van der Waals surface area contributed by atoms with E-state index in [0.29, 0.717) is 0 Å². The third-order valence-corrected chi connectivity index (χ3v) is 2.94. The summed E-state index contributed by atoms with van der Waals surface area (Å²) >= 11 is 3.44. The number of anilines is 1. The van der Waals surface area contributed by atoms with E-state index in [0.717, 1.165) is 35.8 Å². The molecular weight excluding hydrogens is 266 g/mol. The van der Waals surface area contributed by atoms with Crippen LogP contribution in [0.1, 0.15) is 39.4 Å². The minimum Gasteiger partial charge on any atom is -0.357 e. The Kier molecular flexibility index (Phi) is 5.74. The molecule has 1 aromatic rings. The van der Waals surface area contributed by atoms with Crippen molar-refractivity contribution in [3.05, 3.63) is 16.5 Å². The predicted molar refractivity (Wildman–Crippen MR) is 71.9 cm³/mol. The van der Waals surface area contributed by atoms with Gasteiger partial charge in [-0.25, -0.2) is 9.97 Å². The summed E-state index contributed by atoms with van der Waals surface area (Å²) in [5, 5.41) is 0. The zero-order valence-corrected chi connectivity index (χ0v) is 11.9. The van der Waals surface area contributed by atoms with Crippen LogP contribution in [0.4, 0.5) is 5.82 Å². The van der Waals surface area contributed by atoms with Crippen LogP contribution in [0.15, 0.2) is 10.7 Å². The van der Waals surface area contributed by atoms with Gasteiger partial charge in [-0.3, -0.25) is 0 Å². The minimum atomic E-state index is 0.873. The van der Waals surface area contributed by atoms with Gasteiger partial charge in [0.25, 0.3) is 0 Å². The fourth-order valence-electron chi connectivity index (χ4n) is 1.56. The van der Waals surface area contributed by atoms with Crippen LogP contribution in [0, 0.1) is 0 Å². The molecule has 1 rings (SSSR count). The molecule has 0 amide bonds. The van der Waals surface area contributed by atoms with Crippen molar-refractivity contribution in [2.24, 2.45) is 0 Å². The Hall–Kier alpha value is -0.640. The summed E-state index contributed by atoms with van der Waals surface area (Å²) in [7, 11) is 0. The van der Waals surface area contributed by atoms with Crippen molar-refractivity contribution in [1.29, 1.82) is 0 Å². The molecule has 0 spiro atoms. The van der Waals surface area contributed by atoms with Crippen molar-refractivity contribution in [1.82, 2.24) is 9.97 Å². The number of aryl methyl sites for hydroxylation is 1. The smallest absolute Gasteiger partial charge is 0.133 e. The molecule has 1 heterocycles. The SMILES string of the molecule is CCCCN(CC)c1cc(Br)nc(CC)n1. The lowest BCUT2D eigenvalue weighted by Gasteiger charge is -2.22. The molecular formula is C12H20BrN3. The summed E-state index contributed by atoms with van der Waals surface area (Å²) < 4.78 is 0.879. The number of rotatable bonds is 6. The predicted octanol–water partition coefficient (Wildman–Crippen LogP) is 3.43. The highest BCUT2D eigenvalue weighted by molar-refractivity contribution is 9.10. The molecule has 0 saturated carbocycles. The molecule has 90 valence electrons. The van der Waals surface area contributed by atoms with Gasteiger partial charge in [0.2, 0.25) is 0 Å². The Labute approximate surface area is 106 Å². The zero-order valence-electron chi connectivity index (χ0n) is 10.3. The number of hydrogen-bond acceptors (Lipinski definition) is 3. The Balaban J connectivity index is 2.86. The average Bonchev–Trinajstić information content (AvgIpc) is 2.29. The first-order valence-corrected chi connectivity index (χ1v) is 6.78. The third kappa shape index (κ3) is 3.74. The van der Waals surface area contributed by atoms with Crippen molar-refractivity contribution >= 4 is 21.7 Å². The normalized spacial score (nSPS) is 10.5. The Bertz CT molecular complexity index is 328. The maximum Gasteiger partial charge on any atom is 0.133 e. The topological polar surface area (TPSA) is 29.0 Å². The van der Waals surface area contributed by atoms with Gasteiger partial charge >= 0.3 is 0 Å². The van der Waals surface area contributed by atoms with E-state index in [4.69, 9.17) is 0 Å². The van der Waals surface area contributed by atoms with E-state index in [9.17, 15) is 0 Å².